The highest BCUT2D eigenvalue weighted by Gasteiger charge is 2.34. The van der Waals surface area contributed by atoms with Crippen LogP contribution in [0.5, 0.6) is 11.5 Å². The number of barbiturate groups is 1. The lowest BCUT2D eigenvalue weighted by molar-refractivity contribution is -0.129. The SMILES string of the molecule is CCN1C(=O)NC(=O)/C(=C\c2c(OC)ccc3ccc(OC)cc23)C1=O. The molecule has 0 saturated carbocycles. The molecule has 4 amide bonds. The predicted molar refractivity (Wildman–Crippen MR) is 96.0 cm³/mol. The van der Waals surface area contributed by atoms with Crippen LogP contribution >= 0.6 is 0 Å². The number of rotatable bonds is 4. The quantitative estimate of drug-likeness (QED) is 0.673. The molecule has 0 aromatic heterocycles. The Bertz CT molecular complexity index is 943. The van der Waals surface area contributed by atoms with Gasteiger partial charge in [0.2, 0.25) is 0 Å². The van der Waals surface area contributed by atoms with Crippen molar-refractivity contribution in [1.82, 2.24) is 10.2 Å². The average Bonchev–Trinajstić information content (AvgIpc) is 2.64. The van der Waals surface area contributed by atoms with Gasteiger partial charge < -0.3 is 9.47 Å². The maximum atomic E-state index is 12.6. The summed E-state index contributed by atoms with van der Waals surface area (Å²) in [6.07, 6.45) is 1.45. The lowest BCUT2D eigenvalue weighted by atomic mass is 9.99. The summed E-state index contributed by atoms with van der Waals surface area (Å²) < 4.78 is 10.7. The highest BCUT2D eigenvalue weighted by atomic mass is 16.5. The average molecular weight is 354 g/mol. The van der Waals surface area contributed by atoms with E-state index in [-0.39, 0.29) is 12.1 Å². The summed E-state index contributed by atoms with van der Waals surface area (Å²) >= 11 is 0. The predicted octanol–water partition coefficient (Wildman–Crippen LogP) is 2.34. The molecule has 3 rings (SSSR count). The zero-order valence-corrected chi connectivity index (χ0v) is 14.7. The van der Waals surface area contributed by atoms with E-state index in [0.29, 0.717) is 17.1 Å². The highest BCUT2D eigenvalue weighted by molar-refractivity contribution is 6.31. The van der Waals surface area contributed by atoms with E-state index in [0.717, 1.165) is 15.7 Å². The Hall–Kier alpha value is -3.35. The summed E-state index contributed by atoms with van der Waals surface area (Å²) in [6, 6.07) is 8.42. The first-order chi connectivity index (χ1) is 12.5. The minimum absolute atomic E-state index is 0.125. The van der Waals surface area contributed by atoms with Crippen LogP contribution in [0.15, 0.2) is 35.9 Å². The van der Waals surface area contributed by atoms with Crippen LogP contribution in [0.3, 0.4) is 0 Å². The van der Waals surface area contributed by atoms with E-state index >= 15 is 0 Å². The van der Waals surface area contributed by atoms with Gasteiger partial charge in [0.25, 0.3) is 11.8 Å². The number of ether oxygens (including phenoxy) is 2. The van der Waals surface area contributed by atoms with Crippen molar-refractivity contribution < 1.29 is 23.9 Å². The summed E-state index contributed by atoms with van der Waals surface area (Å²) in [5, 5.41) is 3.84. The first kappa shape index (κ1) is 17.5. The zero-order valence-electron chi connectivity index (χ0n) is 14.7. The van der Waals surface area contributed by atoms with Crippen molar-refractivity contribution >= 4 is 34.7 Å². The Morgan fingerprint density at radius 3 is 2.46 bits per heavy atom. The minimum Gasteiger partial charge on any atom is -0.497 e. The molecule has 7 heteroatoms. The van der Waals surface area contributed by atoms with Gasteiger partial charge in [-0.2, -0.15) is 0 Å². The van der Waals surface area contributed by atoms with Crippen molar-refractivity contribution in [1.29, 1.82) is 0 Å². The molecule has 1 aliphatic heterocycles. The molecule has 2 aromatic carbocycles. The Morgan fingerprint density at radius 1 is 1.08 bits per heavy atom. The van der Waals surface area contributed by atoms with Crippen LogP contribution < -0.4 is 14.8 Å². The number of nitrogens with one attached hydrogen (secondary N) is 1. The molecule has 0 spiro atoms. The molecule has 1 saturated heterocycles. The number of hydrogen-bond donors (Lipinski definition) is 1. The summed E-state index contributed by atoms with van der Waals surface area (Å²) in [7, 11) is 3.07. The second kappa shape index (κ2) is 6.87. The zero-order chi connectivity index (χ0) is 18.8. The van der Waals surface area contributed by atoms with Crippen LogP contribution in [0.25, 0.3) is 16.8 Å². The number of carbonyl (C=O) groups is 3. The van der Waals surface area contributed by atoms with Gasteiger partial charge >= 0.3 is 6.03 Å². The van der Waals surface area contributed by atoms with Gasteiger partial charge in [-0.05, 0) is 42.0 Å². The molecule has 0 unspecified atom stereocenters. The van der Waals surface area contributed by atoms with E-state index in [4.69, 9.17) is 9.47 Å². The third-order valence-electron chi connectivity index (χ3n) is 4.24. The number of nitrogens with zero attached hydrogens (tertiary/aromatic N) is 1. The van der Waals surface area contributed by atoms with Crippen molar-refractivity contribution in [2.24, 2.45) is 0 Å². The monoisotopic (exact) mass is 354 g/mol. The first-order valence-corrected chi connectivity index (χ1v) is 8.03. The molecule has 0 atom stereocenters. The maximum Gasteiger partial charge on any atom is 0.331 e. The lowest BCUT2D eigenvalue weighted by Gasteiger charge is -2.25. The fourth-order valence-electron chi connectivity index (χ4n) is 2.88. The maximum absolute atomic E-state index is 12.6. The second-order valence-corrected chi connectivity index (χ2v) is 5.64. The molecular weight excluding hydrogens is 336 g/mol. The Kier molecular flexibility index (Phi) is 4.62. The van der Waals surface area contributed by atoms with E-state index in [1.54, 1.807) is 26.2 Å². The number of benzene rings is 2. The molecule has 0 radical (unpaired) electrons. The van der Waals surface area contributed by atoms with Gasteiger partial charge in [-0.3, -0.25) is 19.8 Å². The fraction of sp³-hybridized carbons (Fsp3) is 0.211. The minimum atomic E-state index is -0.730. The smallest absolute Gasteiger partial charge is 0.331 e. The number of urea groups is 1. The summed E-state index contributed by atoms with van der Waals surface area (Å²) in [5.74, 6) is -0.233. The van der Waals surface area contributed by atoms with Gasteiger partial charge in [-0.25, -0.2) is 4.79 Å². The first-order valence-electron chi connectivity index (χ1n) is 8.03. The number of hydrogen-bond acceptors (Lipinski definition) is 5. The molecule has 1 heterocycles. The topological polar surface area (TPSA) is 84.9 Å². The largest absolute Gasteiger partial charge is 0.497 e. The van der Waals surface area contributed by atoms with Crippen LogP contribution in [-0.4, -0.2) is 43.5 Å². The molecule has 134 valence electrons. The summed E-state index contributed by atoms with van der Waals surface area (Å²) in [6.45, 7) is 1.82. The third kappa shape index (κ3) is 2.88. The lowest BCUT2D eigenvalue weighted by Crippen LogP contribution is -2.53. The molecular formula is C19H18N2O5. The molecule has 0 aliphatic carbocycles. The Labute approximate surface area is 150 Å². The summed E-state index contributed by atoms with van der Waals surface area (Å²) in [4.78, 5) is 37.5. The third-order valence-corrected chi connectivity index (χ3v) is 4.24. The van der Waals surface area contributed by atoms with Gasteiger partial charge in [0, 0.05) is 12.1 Å². The molecule has 1 fully saturated rings. The molecule has 7 nitrogen and oxygen atoms in total. The van der Waals surface area contributed by atoms with Crippen molar-refractivity contribution in [2.75, 3.05) is 20.8 Å². The van der Waals surface area contributed by atoms with Crippen LogP contribution in [-0.2, 0) is 9.59 Å². The number of amides is 4. The van der Waals surface area contributed by atoms with Crippen molar-refractivity contribution in [3.8, 4) is 11.5 Å². The van der Waals surface area contributed by atoms with Crippen LogP contribution in [0, 0.1) is 0 Å². The number of imide groups is 2. The van der Waals surface area contributed by atoms with Gasteiger partial charge in [0.05, 0.1) is 14.2 Å². The molecule has 1 aliphatic rings. The van der Waals surface area contributed by atoms with Crippen LogP contribution in [0.2, 0.25) is 0 Å². The number of fused-ring (bicyclic) bond motifs is 1. The number of methoxy groups -OCH3 is 2. The van der Waals surface area contributed by atoms with E-state index in [1.165, 1.54) is 13.2 Å². The highest BCUT2D eigenvalue weighted by Crippen LogP contribution is 2.33. The van der Waals surface area contributed by atoms with E-state index < -0.39 is 17.8 Å². The van der Waals surface area contributed by atoms with Crippen molar-refractivity contribution in [3.05, 3.63) is 41.5 Å². The van der Waals surface area contributed by atoms with Gasteiger partial charge in [0.1, 0.15) is 17.1 Å². The molecule has 26 heavy (non-hydrogen) atoms. The molecule has 0 bridgehead atoms. The van der Waals surface area contributed by atoms with Gasteiger partial charge in [0.15, 0.2) is 0 Å². The Balaban J connectivity index is 2.23. The van der Waals surface area contributed by atoms with E-state index in [9.17, 15) is 14.4 Å². The van der Waals surface area contributed by atoms with Crippen LogP contribution in [0.1, 0.15) is 12.5 Å². The normalized spacial score (nSPS) is 16.2. The van der Waals surface area contributed by atoms with Crippen molar-refractivity contribution in [2.45, 2.75) is 6.92 Å². The van der Waals surface area contributed by atoms with Gasteiger partial charge in [-0.1, -0.05) is 12.1 Å². The molecule has 1 N–H and O–H groups in total. The number of likely N-dealkylation sites (N-methyl/N-ethyl adjacent to an activating group) is 1. The van der Waals surface area contributed by atoms with E-state index in [2.05, 4.69) is 5.32 Å². The van der Waals surface area contributed by atoms with Crippen LogP contribution in [0.4, 0.5) is 4.79 Å². The van der Waals surface area contributed by atoms with Crippen molar-refractivity contribution in [3.63, 3.8) is 0 Å². The van der Waals surface area contributed by atoms with E-state index in [1.807, 2.05) is 18.2 Å². The second-order valence-electron chi connectivity index (χ2n) is 5.64. The fourth-order valence-corrected chi connectivity index (χ4v) is 2.88. The van der Waals surface area contributed by atoms with Gasteiger partial charge in [-0.15, -0.1) is 0 Å². The number of carbonyl (C=O) groups excluding carboxylic acids is 3. The molecule has 2 aromatic rings. The Morgan fingerprint density at radius 2 is 1.81 bits per heavy atom. The standard InChI is InChI=1S/C19H18N2O5/c1-4-21-18(23)15(17(22)20-19(21)24)10-14-13-9-12(25-2)7-5-11(13)6-8-16(14)26-3/h5-10H,4H2,1-3H3,(H,20,22,24)/b15-10+. The summed E-state index contributed by atoms with van der Waals surface area (Å²) in [5.41, 5.74) is 0.438.